The average molecular weight is 325 g/mol. The van der Waals surface area contributed by atoms with E-state index in [4.69, 9.17) is 0 Å². The van der Waals surface area contributed by atoms with E-state index in [1.54, 1.807) is 11.7 Å². The first-order valence-electron chi connectivity index (χ1n) is 8.38. The number of aromatic nitrogens is 4. The Morgan fingerprint density at radius 3 is 2.88 bits per heavy atom. The number of piperidine rings is 1. The summed E-state index contributed by atoms with van der Waals surface area (Å²) in [5.41, 5.74) is 0.639. The number of halogens is 1. The molecule has 2 heterocycles. The van der Waals surface area contributed by atoms with E-state index in [0.29, 0.717) is 16.8 Å². The molecule has 2 aromatic carbocycles. The molecule has 4 rings (SSSR count). The van der Waals surface area contributed by atoms with Crippen molar-refractivity contribution < 1.29 is 4.39 Å². The standard InChI is InChI=1S/C18H20FN5/c1-12-21-23-24(22-12)18(14-6-4-10-20-11-14)16-9-8-13-5-2-3-7-15(13)17(16)19/h2-3,5,7-9,14,18,20H,4,6,10-11H2,1H3/t14?,18-/m1/s1. The van der Waals surface area contributed by atoms with E-state index < -0.39 is 0 Å². The van der Waals surface area contributed by atoms with Gasteiger partial charge in [-0.25, -0.2) is 4.39 Å². The van der Waals surface area contributed by atoms with Gasteiger partial charge in [0.2, 0.25) is 0 Å². The lowest BCUT2D eigenvalue weighted by Crippen LogP contribution is -2.36. The first-order chi connectivity index (χ1) is 11.7. The molecule has 5 nitrogen and oxygen atoms in total. The summed E-state index contributed by atoms with van der Waals surface area (Å²) >= 11 is 0. The molecule has 3 aromatic rings. The first-order valence-corrected chi connectivity index (χ1v) is 8.38. The van der Waals surface area contributed by atoms with E-state index in [1.165, 1.54) is 0 Å². The van der Waals surface area contributed by atoms with Crippen LogP contribution in [0.4, 0.5) is 4.39 Å². The highest BCUT2D eigenvalue weighted by Crippen LogP contribution is 2.34. The van der Waals surface area contributed by atoms with Crippen LogP contribution in [0.5, 0.6) is 0 Å². The molecule has 1 fully saturated rings. The van der Waals surface area contributed by atoms with E-state index in [0.717, 1.165) is 31.3 Å². The summed E-state index contributed by atoms with van der Waals surface area (Å²) in [6, 6.07) is 11.1. The van der Waals surface area contributed by atoms with Crippen LogP contribution < -0.4 is 5.32 Å². The molecule has 1 aliphatic rings. The number of hydrogen-bond donors (Lipinski definition) is 1. The number of fused-ring (bicyclic) bond motifs is 1. The molecule has 6 heteroatoms. The fourth-order valence-corrected chi connectivity index (χ4v) is 3.61. The number of nitrogens with zero attached hydrogens (tertiary/aromatic N) is 4. The fraction of sp³-hybridized carbons (Fsp3) is 0.389. The molecule has 0 bridgehead atoms. The number of rotatable bonds is 3. The Balaban J connectivity index is 1.85. The maximum atomic E-state index is 15.3. The highest BCUT2D eigenvalue weighted by molar-refractivity contribution is 5.83. The van der Waals surface area contributed by atoms with Gasteiger partial charge < -0.3 is 5.32 Å². The molecule has 0 spiro atoms. The molecule has 0 amide bonds. The van der Waals surface area contributed by atoms with Gasteiger partial charge >= 0.3 is 0 Å². The van der Waals surface area contributed by atoms with Gasteiger partial charge in [-0.2, -0.15) is 4.80 Å². The molecule has 1 aliphatic heterocycles. The zero-order valence-corrected chi connectivity index (χ0v) is 13.6. The SMILES string of the molecule is Cc1nnn([C@@H](c2ccc3ccccc3c2F)C2CCCNC2)n1. The van der Waals surface area contributed by atoms with Crippen LogP contribution in [0.1, 0.15) is 30.3 Å². The predicted octanol–water partition coefficient (Wildman–Crippen LogP) is 2.86. The Bertz CT molecular complexity index is 853. The van der Waals surface area contributed by atoms with Gasteiger partial charge in [-0.1, -0.05) is 36.4 Å². The molecular formula is C18H20FN5. The third-order valence-electron chi connectivity index (χ3n) is 4.77. The van der Waals surface area contributed by atoms with E-state index in [-0.39, 0.29) is 17.8 Å². The van der Waals surface area contributed by atoms with Crippen LogP contribution in [-0.4, -0.2) is 33.3 Å². The lowest BCUT2D eigenvalue weighted by Gasteiger charge is -2.30. The van der Waals surface area contributed by atoms with E-state index in [2.05, 4.69) is 20.7 Å². The molecule has 0 radical (unpaired) electrons. The molecule has 0 saturated carbocycles. The van der Waals surface area contributed by atoms with Gasteiger partial charge in [0, 0.05) is 17.5 Å². The summed E-state index contributed by atoms with van der Waals surface area (Å²) in [5.74, 6) is 0.659. The van der Waals surface area contributed by atoms with Gasteiger partial charge in [-0.3, -0.25) is 0 Å². The Labute approximate surface area is 139 Å². The molecule has 1 saturated heterocycles. The second-order valence-corrected chi connectivity index (χ2v) is 6.40. The van der Waals surface area contributed by atoms with Crippen LogP contribution in [-0.2, 0) is 0 Å². The van der Waals surface area contributed by atoms with E-state index in [1.807, 2.05) is 36.4 Å². The Hall–Kier alpha value is -2.34. The number of nitrogens with one attached hydrogen (secondary N) is 1. The summed E-state index contributed by atoms with van der Waals surface area (Å²) < 4.78 is 15.3. The summed E-state index contributed by atoms with van der Waals surface area (Å²) in [4.78, 5) is 1.58. The third-order valence-corrected chi connectivity index (χ3v) is 4.77. The summed E-state index contributed by atoms with van der Waals surface area (Å²) in [6.45, 7) is 3.64. The van der Waals surface area contributed by atoms with Crippen LogP contribution >= 0.6 is 0 Å². The van der Waals surface area contributed by atoms with Gasteiger partial charge in [0.1, 0.15) is 11.9 Å². The topological polar surface area (TPSA) is 55.6 Å². The Kier molecular flexibility index (Phi) is 3.98. The smallest absolute Gasteiger partial charge is 0.171 e. The van der Waals surface area contributed by atoms with Crippen molar-refractivity contribution in [3.8, 4) is 0 Å². The van der Waals surface area contributed by atoms with E-state index >= 15 is 4.39 Å². The molecule has 0 aliphatic carbocycles. The maximum absolute atomic E-state index is 15.3. The van der Waals surface area contributed by atoms with Crippen LogP contribution in [0.2, 0.25) is 0 Å². The molecule has 124 valence electrons. The summed E-state index contributed by atoms with van der Waals surface area (Å²) in [6.07, 6.45) is 2.09. The average Bonchev–Trinajstić information content (AvgIpc) is 3.04. The van der Waals surface area contributed by atoms with Crippen molar-refractivity contribution in [2.45, 2.75) is 25.8 Å². The summed E-state index contributed by atoms with van der Waals surface area (Å²) in [7, 11) is 0. The summed E-state index contributed by atoms with van der Waals surface area (Å²) in [5, 5.41) is 17.5. The Morgan fingerprint density at radius 2 is 2.12 bits per heavy atom. The van der Waals surface area contributed by atoms with Crippen molar-refractivity contribution in [3.63, 3.8) is 0 Å². The third kappa shape index (κ3) is 2.67. The van der Waals surface area contributed by atoms with Gasteiger partial charge in [0.25, 0.3) is 0 Å². The first kappa shape index (κ1) is 15.2. The zero-order chi connectivity index (χ0) is 16.5. The van der Waals surface area contributed by atoms with E-state index in [9.17, 15) is 0 Å². The van der Waals surface area contributed by atoms with Crippen molar-refractivity contribution in [3.05, 3.63) is 53.6 Å². The highest BCUT2D eigenvalue weighted by atomic mass is 19.1. The quantitative estimate of drug-likeness (QED) is 0.804. The van der Waals surface area contributed by atoms with Crippen LogP contribution in [0.3, 0.4) is 0 Å². The molecule has 2 atom stereocenters. The minimum Gasteiger partial charge on any atom is -0.316 e. The number of hydrogen-bond acceptors (Lipinski definition) is 4. The lowest BCUT2D eigenvalue weighted by atomic mass is 9.86. The Morgan fingerprint density at radius 1 is 1.25 bits per heavy atom. The van der Waals surface area contributed by atoms with Crippen molar-refractivity contribution in [1.29, 1.82) is 0 Å². The fourth-order valence-electron chi connectivity index (χ4n) is 3.61. The lowest BCUT2D eigenvalue weighted by molar-refractivity contribution is 0.256. The van der Waals surface area contributed by atoms with Crippen molar-refractivity contribution >= 4 is 10.8 Å². The maximum Gasteiger partial charge on any atom is 0.171 e. The minimum atomic E-state index is -0.247. The van der Waals surface area contributed by atoms with Gasteiger partial charge in [-0.15, -0.1) is 10.2 Å². The zero-order valence-electron chi connectivity index (χ0n) is 13.6. The van der Waals surface area contributed by atoms with Gasteiger partial charge in [-0.05, 0) is 42.8 Å². The molecule has 1 unspecified atom stereocenters. The highest BCUT2D eigenvalue weighted by Gasteiger charge is 2.31. The van der Waals surface area contributed by atoms with Crippen molar-refractivity contribution in [1.82, 2.24) is 25.5 Å². The number of tetrazole rings is 1. The van der Waals surface area contributed by atoms with Crippen LogP contribution in [0.15, 0.2) is 36.4 Å². The van der Waals surface area contributed by atoms with Crippen molar-refractivity contribution in [2.75, 3.05) is 13.1 Å². The number of benzene rings is 2. The monoisotopic (exact) mass is 325 g/mol. The second kappa shape index (κ2) is 6.28. The largest absolute Gasteiger partial charge is 0.316 e. The van der Waals surface area contributed by atoms with Crippen molar-refractivity contribution in [2.24, 2.45) is 5.92 Å². The minimum absolute atomic E-state index is 0.182. The molecule has 1 aromatic heterocycles. The van der Waals surface area contributed by atoms with Crippen LogP contribution in [0.25, 0.3) is 10.8 Å². The normalized spacial score (nSPS) is 19.5. The predicted molar refractivity (Wildman–Crippen MR) is 90.2 cm³/mol. The molecule has 1 N–H and O–H groups in total. The van der Waals surface area contributed by atoms with Crippen LogP contribution in [0, 0.1) is 18.7 Å². The molecular weight excluding hydrogens is 305 g/mol. The number of aryl methyl sites for hydroxylation is 1. The second-order valence-electron chi connectivity index (χ2n) is 6.40. The van der Waals surface area contributed by atoms with Gasteiger partial charge in [0.05, 0.1) is 0 Å². The molecule has 24 heavy (non-hydrogen) atoms. The van der Waals surface area contributed by atoms with Gasteiger partial charge in [0.15, 0.2) is 5.82 Å².